The van der Waals surface area contributed by atoms with E-state index >= 15 is 0 Å². The number of nitrogens with zero attached hydrogens (tertiary/aromatic N) is 1. The van der Waals surface area contributed by atoms with Crippen molar-refractivity contribution >= 4 is 28.8 Å². The van der Waals surface area contributed by atoms with E-state index in [2.05, 4.69) is 45.8 Å². The third-order valence-corrected chi connectivity index (χ3v) is 2.27. The highest BCUT2D eigenvalue weighted by Gasteiger charge is 2.04. The molecule has 0 N–H and O–H groups in total. The Labute approximate surface area is 73.3 Å². The summed E-state index contributed by atoms with van der Waals surface area (Å²) in [6.07, 6.45) is 1.94. The summed E-state index contributed by atoms with van der Waals surface area (Å²) in [5, 5.41) is 0. The Morgan fingerprint density at radius 3 is 3.20 bits per heavy atom. The molecule has 1 heterocycles. The molecule has 50 valence electrons. The summed E-state index contributed by atoms with van der Waals surface area (Å²) in [7, 11) is 0. The summed E-state index contributed by atoms with van der Waals surface area (Å²) < 4.78 is 1.28. The van der Waals surface area contributed by atoms with Crippen LogP contribution in [0.4, 0.5) is 0 Å². The molecular formula is C8H6IN. The van der Waals surface area contributed by atoms with Crippen molar-refractivity contribution in [3.05, 3.63) is 32.9 Å². The third kappa shape index (κ3) is 0.963. The van der Waals surface area contributed by atoms with Gasteiger partial charge in [-0.1, -0.05) is 6.07 Å². The van der Waals surface area contributed by atoms with E-state index in [9.17, 15) is 0 Å². The molecular weight excluding hydrogens is 237 g/mol. The zero-order chi connectivity index (χ0) is 6.97. The van der Waals surface area contributed by atoms with Gasteiger partial charge in [-0.25, -0.2) is 0 Å². The Kier molecular flexibility index (Phi) is 1.48. The zero-order valence-corrected chi connectivity index (χ0v) is 7.50. The van der Waals surface area contributed by atoms with E-state index in [1.807, 2.05) is 6.21 Å². The quantitative estimate of drug-likeness (QED) is 0.619. The fraction of sp³-hybridized carbons (Fsp3) is 0.125. The van der Waals surface area contributed by atoms with Crippen LogP contribution in [0.15, 0.2) is 23.2 Å². The molecule has 1 nitrogen and oxygen atoms in total. The maximum Gasteiger partial charge on any atom is 0.0646 e. The summed E-state index contributed by atoms with van der Waals surface area (Å²) in [4.78, 5) is 4.16. The first-order valence-corrected chi connectivity index (χ1v) is 4.22. The van der Waals surface area contributed by atoms with Crippen LogP contribution >= 0.6 is 22.6 Å². The Balaban J connectivity index is 2.60. The second kappa shape index (κ2) is 2.34. The van der Waals surface area contributed by atoms with Gasteiger partial charge in [-0.15, -0.1) is 0 Å². The predicted octanol–water partition coefficient (Wildman–Crippen LogP) is 2.22. The van der Waals surface area contributed by atoms with Crippen LogP contribution < -0.4 is 0 Å². The van der Waals surface area contributed by atoms with Gasteiger partial charge in [0.1, 0.15) is 0 Å². The number of hydrogen-bond donors (Lipinski definition) is 0. The van der Waals surface area contributed by atoms with E-state index in [1.165, 1.54) is 14.7 Å². The molecule has 0 saturated heterocycles. The van der Waals surface area contributed by atoms with Crippen molar-refractivity contribution in [1.82, 2.24) is 0 Å². The van der Waals surface area contributed by atoms with Crippen molar-refractivity contribution in [3.63, 3.8) is 0 Å². The average molecular weight is 243 g/mol. The van der Waals surface area contributed by atoms with Crippen molar-refractivity contribution in [2.45, 2.75) is 6.54 Å². The lowest BCUT2D eigenvalue weighted by atomic mass is 10.1. The normalized spacial score (nSPS) is 13.7. The monoisotopic (exact) mass is 243 g/mol. The fourth-order valence-corrected chi connectivity index (χ4v) is 1.59. The van der Waals surface area contributed by atoms with Gasteiger partial charge in [0.15, 0.2) is 0 Å². The van der Waals surface area contributed by atoms with E-state index in [0.29, 0.717) is 0 Å². The number of halogens is 1. The van der Waals surface area contributed by atoms with E-state index < -0.39 is 0 Å². The van der Waals surface area contributed by atoms with Gasteiger partial charge in [-0.3, -0.25) is 4.99 Å². The summed E-state index contributed by atoms with van der Waals surface area (Å²) >= 11 is 2.31. The topological polar surface area (TPSA) is 12.4 Å². The van der Waals surface area contributed by atoms with Gasteiger partial charge in [0, 0.05) is 9.78 Å². The number of rotatable bonds is 0. The van der Waals surface area contributed by atoms with Crippen LogP contribution in [-0.2, 0) is 6.54 Å². The second-order valence-corrected chi connectivity index (χ2v) is 3.56. The summed E-state index contributed by atoms with van der Waals surface area (Å²) in [5.41, 5.74) is 2.63. The van der Waals surface area contributed by atoms with Crippen molar-refractivity contribution in [2.75, 3.05) is 0 Å². The van der Waals surface area contributed by atoms with Crippen LogP contribution in [-0.4, -0.2) is 6.21 Å². The van der Waals surface area contributed by atoms with E-state index in [4.69, 9.17) is 0 Å². The fourth-order valence-electron chi connectivity index (χ4n) is 1.07. The Bertz CT molecular complexity index is 291. The maximum atomic E-state index is 4.16. The average Bonchev–Trinajstić information content (AvgIpc) is 2.33. The third-order valence-electron chi connectivity index (χ3n) is 1.60. The van der Waals surface area contributed by atoms with Crippen molar-refractivity contribution in [1.29, 1.82) is 0 Å². The summed E-state index contributed by atoms with van der Waals surface area (Å²) in [6, 6.07) is 6.42. The van der Waals surface area contributed by atoms with Gasteiger partial charge < -0.3 is 0 Å². The molecule has 2 heteroatoms. The molecule has 0 amide bonds. The lowest BCUT2D eigenvalue weighted by Gasteiger charge is -1.95. The minimum Gasteiger partial charge on any atom is -0.288 e. The molecule has 0 aromatic heterocycles. The smallest absolute Gasteiger partial charge is 0.0646 e. The largest absolute Gasteiger partial charge is 0.288 e. The Hall–Kier alpha value is -0.380. The highest BCUT2D eigenvalue weighted by atomic mass is 127. The molecule has 0 saturated carbocycles. The molecule has 10 heavy (non-hydrogen) atoms. The molecule has 0 fully saturated rings. The van der Waals surface area contributed by atoms with Crippen LogP contribution in [0.25, 0.3) is 0 Å². The SMILES string of the molecule is Ic1ccc2c(c1)C=NC2. The molecule has 1 aliphatic heterocycles. The Morgan fingerprint density at radius 2 is 2.30 bits per heavy atom. The molecule has 1 aliphatic rings. The number of benzene rings is 1. The number of aliphatic imine (C=N–C) groups is 1. The van der Waals surface area contributed by atoms with Gasteiger partial charge in [-0.2, -0.15) is 0 Å². The van der Waals surface area contributed by atoms with Crippen LogP contribution in [0, 0.1) is 3.57 Å². The van der Waals surface area contributed by atoms with Crippen molar-refractivity contribution < 1.29 is 0 Å². The molecule has 0 atom stereocenters. The lowest BCUT2D eigenvalue weighted by molar-refractivity contribution is 1.11. The molecule has 0 radical (unpaired) electrons. The van der Waals surface area contributed by atoms with Gasteiger partial charge in [-0.05, 0) is 45.9 Å². The zero-order valence-electron chi connectivity index (χ0n) is 5.34. The van der Waals surface area contributed by atoms with Gasteiger partial charge in [0.25, 0.3) is 0 Å². The van der Waals surface area contributed by atoms with E-state index in [1.54, 1.807) is 0 Å². The van der Waals surface area contributed by atoms with Gasteiger partial charge >= 0.3 is 0 Å². The number of fused-ring (bicyclic) bond motifs is 1. The highest BCUT2D eigenvalue weighted by molar-refractivity contribution is 14.1. The minimum atomic E-state index is 0.867. The number of hydrogen-bond acceptors (Lipinski definition) is 1. The van der Waals surface area contributed by atoms with E-state index in [0.717, 1.165) is 6.54 Å². The molecule has 0 unspecified atom stereocenters. The second-order valence-electron chi connectivity index (χ2n) is 2.31. The maximum absolute atomic E-state index is 4.16. The van der Waals surface area contributed by atoms with Crippen LogP contribution in [0.5, 0.6) is 0 Å². The first kappa shape index (κ1) is 6.34. The lowest BCUT2D eigenvalue weighted by Crippen LogP contribution is -1.83. The first-order chi connectivity index (χ1) is 4.86. The highest BCUT2D eigenvalue weighted by Crippen LogP contribution is 2.16. The molecule has 2 rings (SSSR count). The van der Waals surface area contributed by atoms with Crippen LogP contribution in [0.3, 0.4) is 0 Å². The summed E-state index contributed by atoms with van der Waals surface area (Å²) in [5.74, 6) is 0. The van der Waals surface area contributed by atoms with Crippen molar-refractivity contribution in [2.24, 2.45) is 4.99 Å². The molecule has 0 aliphatic carbocycles. The van der Waals surface area contributed by atoms with Gasteiger partial charge in [0.2, 0.25) is 0 Å². The van der Waals surface area contributed by atoms with Crippen LogP contribution in [0.1, 0.15) is 11.1 Å². The standard InChI is InChI=1S/C8H6IN/c9-8-2-1-6-4-10-5-7(6)3-8/h1-3,5H,4H2. The summed E-state index contributed by atoms with van der Waals surface area (Å²) in [6.45, 7) is 0.867. The molecule has 0 bridgehead atoms. The molecule has 1 aromatic carbocycles. The van der Waals surface area contributed by atoms with E-state index in [-0.39, 0.29) is 0 Å². The van der Waals surface area contributed by atoms with Crippen LogP contribution in [0.2, 0.25) is 0 Å². The molecule has 1 aromatic rings. The Morgan fingerprint density at radius 1 is 1.40 bits per heavy atom. The van der Waals surface area contributed by atoms with Gasteiger partial charge in [0.05, 0.1) is 6.54 Å². The minimum absolute atomic E-state index is 0.867. The van der Waals surface area contributed by atoms with Crippen molar-refractivity contribution in [3.8, 4) is 0 Å². The molecule has 0 spiro atoms. The predicted molar refractivity (Wildman–Crippen MR) is 50.5 cm³/mol. The first-order valence-electron chi connectivity index (χ1n) is 3.14.